The van der Waals surface area contributed by atoms with Gasteiger partial charge >= 0.3 is 23.9 Å². The first-order valence-electron chi connectivity index (χ1n) is 15.9. The molecule has 44 heavy (non-hydrogen) atoms. The molecule has 4 fully saturated rings. The van der Waals surface area contributed by atoms with Crippen molar-refractivity contribution in [3.8, 4) is 0 Å². The molecule has 10 nitrogen and oxygen atoms in total. The first-order chi connectivity index (χ1) is 20.7. The molecular weight excluding hydrogens is 568 g/mol. The molecule has 2 aliphatic heterocycles. The molecule has 1 spiro atoms. The number of ketones is 1. The first kappa shape index (κ1) is 31.0. The summed E-state index contributed by atoms with van der Waals surface area (Å²) >= 11 is 0. The first-order valence-corrected chi connectivity index (χ1v) is 15.9. The van der Waals surface area contributed by atoms with Gasteiger partial charge in [0.25, 0.3) is 0 Å². The summed E-state index contributed by atoms with van der Waals surface area (Å²) < 4.78 is 29.4. The molecule has 0 aromatic carbocycles. The molecule has 0 aromatic rings. The van der Waals surface area contributed by atoms with E-state index in [1.165, 1.54) is 26.8 Å². The van der Waals surface area contributed by atoms with Crippen LogP contribution in [0.4, 0.5) is 0 Å². The van der Waals surface area contributed by atoms with Gasteiger partial charge < -0.3 is 23.7 Å². The maximum Gasteiger partial charge on any atom is 0.337 e. The van der Waals surface area contributed by atoms with Crippen molar-refractivity contribution in [1.82, 2.24) is 0 Å². The molecule has 3 saturated carbocycles. The van der Waals surface area contributed by atoms with E-state index in [4.69, 9.17) is 23.7 Å². The van der Waals surface area contributed by atoms with Gasteiger partial charge in [0.2, 0.25) is 0 Å². The van der Waals surface area contributed by atoms with Gasteiger partial charge in [-0.1, -0.05) is 19.4 Å². The molecule has 0 radical (unpaired) electrons. The standard InChI is InChI=1S/C34H44O10/c1-16-12-26(43-31(39)22(16)15-40-18(3)35)17(2)23-8-9-24-21-13-30-34(44-30)28(41-19(4)36)11-10-27(38)33(34,7)25(21)14-29(32(23,24)6)42-20(5)37/h10-11,17,21,23-26,28-30H,8-9,12-15H2,1-7H3/t17-,21?,23?,24?,25?,26?,28+,29+,30+,32+,33-,34+/m0/s1. The predicted molar refractivity (Wildman–Crippen MR) is 154 cm³/mol. The normalized spacial score (nSPS) is 44.3. The lowest BCUT2D eigenvalue weighted by atomic mass is 9.43. The van der Waals surface area contributed by atoms with Gasteiger partial charge in [0.05, 0.1) is 17.1 Å². The average molecular weight is 613 g/mol. The summed E-state index contributed by atoms with van der Waals surface area (Å²) in [5.41, 5.74) is -1.01. The molecule has 2 heterocycles. The zero-order valence-corrected chi connectivity index (χ0v) is 26.7. The molecule has 0 amide bonds. The summed E-state index contributed by atoms with van der Waals surface area (Å²) in [4.78, 5) is 62.8. The topological polar surface area (TPSA) is 135 Å². The van der Waals surface area contributed by atoms with Crippen LogP contribution >= 0.6 is 0 Å². The van der Waals surface area contributed by atoms with Crippen LogP contribution in [0.2, 0.25) is 0 Å². The summed E-state index contributed by atoms with van der Waals surface area (Å²) in [5.74, 6) is -1.51. The Morgan fingerprint density at radius 1 is 1.00 bits per heavy atom. The highest BCUT2D eigenvalue weighted by atomic mass is 16.7. The fourth-order valence-electron chi connectivity index (χ4n) is 10.4. The highest BCUT2D eigenvalue weighted by Crippen LogP contribution is 2.73. The second kappa shape index (κ2) is 10.5. The third kappa shape index (κ3) is 4.33. The molecule has 6 aliphatic rings. The number of hydrogen-bond donors (Lipinski definition) is 0. The number of fused-ring (bicyclic) bond motifs is 4. The number of ether oxygens (including phenoxy) is 5. The number of epoxide rings is 1. The summed E-state index contributed by atoms with van der Waals surface area (Å²) in [5, 5.41) is 0. The Hall–Kier alpha value is -3.01. The summed E-state index contributed by atoms with van der Waals surface area (Å²) in [6.07, 6.45) is 5.08. The van der Waals surface area contributed by atoms with Gasteiger partial charge in [0.15, 0.2) is 11.9 Å². The third-order valence-corrected chi connectivity index (χ3v) is 12.5. The second-order valence-electron chi connectivity index (χ2n) is 14.4. The average Bonchev–Trinajstić information content (AvgIpc) is 3.56. The van der Waals surface area contributed by atoms with E-state index < -0.39 is 46.5 Å². The Bertz CT molecular complexity index is 1360. The van der Waals surface area contributed by atoms with E-state index in [0.717, 1.165) is 24.8 Å². The monoisotopic (exact) mass is 612 g/mol. The Balaban J connectivity index is 1.31. The van der Waals surface area contributed by atoms with Crippen LogP contribution in [0.3, 0.4) is 0 Å². The van der Waals surface area contributed by atoms with E-state index in [1.807, 2.05) is 13.8 Å². The van der Waals surface area contributed by atoms with Gasteiger partial charge in [-0.25, -0.2) is 4.79 Å². The van der Waals surface area contributed by atoms with Crippen molar-refractivity contribution in [1.29, 1.82) is 0 Å². The van der Waals surface area contributed by atoms with E-state index in [2.05, 4.69) is 13.8 Å². The lowest BCUT2D eigenvalue weighted by Crippen LogP contribution is -2.66. The zero-order valence-electron chi connectivity index (χ0n) is 26.7. The number of carbonyl (C=O) groups excluding carboxylic acids is 5. The summed E-state index contributed by atoms with van der Waals surface area (Å²) in [7, 11) is 0. The maximum absolute atomic E-state index is 13.8. The van der Waals surface area contributed by atoms with E-state index >= 15 is 0 Å². The van der Waals surface area contributed by atoms with Crippen molar-refractivity contribution < 1.29 is 47.7 Å². The van der Waals surface area contributed by atoms with Gasteiger partial charge in [0, 0.05) is 32.6 Å². The third-order valence-electron chi connectivity index (χ3n) is 12.5. The molecule has 0 N–H and O–H groups in total. The minimum atomic E-state index is -0.933. The number of esters is 4. The molecular formula is C34H44O10. The van der Waals surface area contributed by atoms with Crippen LogP contribution in [0.25, 0.3) is 0 Å². The molecule has 5 unspecified atom stereocenters. The zero-order chi connectivity index (χ0) is 31.9. The van der Waals surface area contributed by atoms with E-state index in [-0.39, 0.29) is 60.2 Å². The van der Waals surface area contributed by atoms with Crippen LogP contribution in [0.1, 0.15) is 80.6 Å². The molecule has 10 heteroatoms. The van der Waals surface area contributed by atoms with Gasteiger partial charge in [-0.3, -0.25) is 19.2 Å². The lowest BCUT2D eigenvalue weighted by Gasteiger charge is -2.60. The van der Waals surface area contributed by atoms with Crippen molar-refractivity contribution in [3.05, 3.63) is 23.3 Å². The predicted octanol–water partition coefficient (Wildman–Crippen LogP) is 4.04. The van der Waals surface area contributed by atoms with Crippen LogP contribution in [0.5, 0.6) is 0 Å². The minimum Gasteiger partial charge on any atom is -0.462 e. The molecule has 6 rings (SSSR count). The second-order valence-corrected chi connectivity index (χ2v) is 14.4. The SMILES string of the molecule is CC(=O)OCC1=C(C)CC([C@@H](C)C2CCC3C4C[C@H]5O[C@]56[C@H](OC(C)=O)C=CC(=O)[C@]6(C)C4C[C@@H](OC(C)=O)[C@@]32C)OC1=O. The van der Waals surface area contributed by atoms with Crippen molar-refractivity contribution in [2.45, 2.75) is 111 Å². The Labute approximate surface area is 258 Å². The van der Waals surface area contributed by atoms with Gasteiger partial charge in [-0.05, 0) is 81.3 Å². The minimum absolute atomic E-state index is 0.0307. The molecule has 4 aliphatic carbocycles. The van der Waals surface area contributed by atoms with Gasteiger partial charge in [0.1, 0.15) is 24.4 Å². The number of carbonyl (C=O) groups is 5. The Morgan fingerprint density at radius 3 is 2.34 bits per heavy atom. The quantitative estimate of drug-likeness (QED) is 0.246. The Kier molecular flexibility index (Phi) is 7.42. The molecule has 12 atom stereocenters. The maximum atomic E-state index is 13.8. The van der Waals surface area contributed by atoms with E-state index in [9.17, 15) is 24.0 Å². The lowest BCUT2D eigenvalue weighted by molar-refractivity contribution is -0.195. The van der Waals surface area contributed by atoms with Gasteiger partial charge in [-0.15, -0.1) is 0 Å². The fraction of sp³-hybridized carbons (Fsp3) is 0.735. The Morgan fingerprint density at radius 2 is 1.70 bits per heavy atom. The largest absolute Gasteiger partial charge is 0.462 e. The smallest absolute Gasteiger partial charge is 0.337 e. The van der Waals surface area contributed by atoms with Crippen LogP contribution < -0.4 is 0 Å². The van der Waals surface area contributed by atoms with Crippen molar-refractivity contribution in [3.63, 3.8) is 0 Å². The van der Waals surface area contributed by atoms with E-state index in [0.29, 0.717) is 18.4 Å². The molecule has 240 valence electrons. The van der Waals surface area contributed by atoms with Crippen molar-refractivity contribution >= 4 is 29.7 Å². The molecule has 1 saturated heterocycles. The van der Waals surface area contributed by atoms with Gasteiger partial charge in [-0.2, -0.15) is 0 Å². The van der Waals surface area contributed by atoms with Crippen LogP contribution in [-0.2, 0) is 47.7 Å². The molecule has 0 bridgehead atoms. The van der Waals surface area contributed by atoms with E-state index in [1.54, 1.807) is 6.08 Å². The number of allylic oxidation sites excluding steroid dienone is 1. The summed E-state index contributed by atoms with van der Waals surface area (Å²) in [6, 6.07) is 0. The highest BCUT2D eigenvalue weighted by Gasteiger charge is 2.82. The van der Waals surface area contributed by atoms with Crippen molar-refractivity contribution in [2.24, 2.45) is 40.4 Å². The summed E-state index contributed by atoms with van der Waals surface area (Å²) in [6.45, 7) is 12.2. The highest BCUT2D eigenvalue weighted by molar-refractivity contribution is 5.98. The van der Waals surface area contributed by atoms with Crippen LogP contribution in [0.15, 0.2) is 23.3 Å². The van der Waals surface area contributed by atoms with Crippen molar-refractivity contribution in [2.75, 3.05) is 6.61 Å². The number of rotatable bonds is 6. The number of hydrogen-bond acceptors (Lipinski definition) is 10. The molecule has 0 aromatic heterocycles. The fourth-order valence-corrected chi connectivity index (χ4v) is 10.4. The van der Waals surface area contributed by atoms with Crippen LogP contribution in [0, 0.1) is 40.4 Å². The number of cyclic esters (lactones) is 1. The van der Waals surface area contributed by atoms with Crippen LogP contribution in [-0.4, -0.2) is 66.3 Å².